The predicted molar refractivity (Wildman–Crippen MR) is 108 cm³/mol. The Morgan fingerprint density at radius 2 is 1.85 bits per heavy atom. The van der Waals surface area contributed by atoms with Gasteiger partial charge in [-0.3, -0.25) is 5.41 Å². The smallest absolute Gasteiger partial charge is 0.175 e. The molecular formula is C18H19N5O2S2. The molecule has 0 spiro atoms. The van der Waals surface area contributed by atoms with Crippen LogP contribution in [-0.4, -0.2) is 35.4 Å². The number of anilines is 1. The zero-order valence-corrected chi connectivity index (χ0v) is 16.8. The average molecular weight is 402 g/mol. The van der Waals surface area contributed by atoms with Crippen molar-refractivity contribution < 1.29 is 8.42 Å². The lowest BCUT2D eigenvalue weighted by Crippen LogP contribution is -2.05. The fourth-order valence-corrected chi connectivity index (χ4v) is 4.27. The summed E-state index contributed by atoms with van der Waals surface area (Å²) < 4.78 is 23.1. The molecule has 0 fully saturated rings. The Balaban J connectivity index is 1.86. The molecule has 1 aromatic carbocycles. The second-order valence-electron chi connectivity index (χ2n) is 6.23. The van der Waals surface area contributed by atoms with E-state index in [1.165, 1.54) is 24.3 Å². The third-order valence-electron chi connectivity index (χ3n) is 4.22. The molecule has 0 unspecified atom stereocenters. The fraction of sp³-hybridized carbons (Fsp3) is 0.222. The topological polar surface area (TPSA) is 120 Å². The van der Waals surface area contributed by atoms with Crippen molar-refractivity contribution in [2.75, 3.05) is 11.6 Å². The number of allylic oxidation sites excluding steroid dienone is 1. The SMILES string of the molecule is CC(=N)/C(C)=C1\C(=N)Sc2c(NCc3ccc(S(C)(=O)=O)cc3)ncnc21. The molecule has 0 aliphatic carbocycles. The van der Waals surface area contributed by atoms with Crippen LogP contribution in [0.25, 0.3) is 5.57 Å². The third-order valence-corrected chi connectivity index (χ3v) is 6.35. The van der Waals surface area contributed by atoms with Gasteiger partial charge >= 0.3 is 0 Å². The molecule has 27 heavy (non-hydrogen) atoms. The van der Waals surface area contributed by atoms with Crippen LogP contribution in [0.3, 0.4) is 0 Å². The van der Waals surface area contributed by atoms with Crippen molar-refractivity contribution in [2.24, 2.45) is 0 Å². The number of sulfone groups is 1. The Morgan fingerprint density at radius 1 is 1.19 bits per heavy atom. The van der Waals surface area contributed by atoms with Gasteiger partial charge in [0.05, 0.1) is 15.5 Å². The molecule has 2 aromatic rings. The van der Waals surface area contributed by atoms with Gasteiger partial charge in [-0.05, 0) is 37.1 Å². The fourth-order valence-electron chi connectivity index (χ4n) is 2.61. The number of hydrogen-bond acceptors (Lipinski definition) is 8. The molecule has 1 aliphatic heterocycles. The minimum atomic E-state index is -3.21. The first-order valence-electron chi connectivity index (χ1n) is 8.10. The number of rotatable bonds is 5. The van der Waals surface area contributed by atoms with Crippen LogP contribution in [0.1, 0.15) is 25.1 Å². The van der Waals surface area contributed by atoms with E-state index in [1.807, 2.05) is 6.92 Å². The van der Waals surface area contributed by atoms with Crippen LogP contribution in [0.4, 0.5) is 5.82 Å². The molecule has 1 aliphatic rings. The van der Waals surface area contributed by atoms with Crippen molar-refractivity contribution >= 4 is 43.7 Å². The Bertz CT molecular complexity index is 1070. The number of hydrogen-bond donors (Lipinski definition) is 3. The van der Waals surface area contributed by atoms with Gasteiger partial charge in [-0.2, -0.15) is 0 Å². The van der Waals surface area contributed by atoms with Crippen LogP contribution in [-0.2, 0) is 16.4 Å². The molecule has 0 radical (unpaired) electrons. The summed E-state index contributed by atoms with van der Waals surface area (Å²) in [5.74, 6) is 0.618. The lowest BCUT2D eigenvalue weighted by molar-refractivity contribution is 0.602. The van der Waals surface area contributed by atoms with E-state index in [-0.39, 0.29) is 4.90 Å². The van der Waals surface area contributed by atoms with Crippen molar-refractivity contribution in [3.8, 4) is 0 Å². The molecule has 9 heteroatoms. The summed E-state index contributed by atoms with van der Waals surface area (Å²) in [7, 11) is -3.21. The second-order valence-corrected chi connectivity index (χ2v) is 9.26. The summed E-state index contributed by atoms with van der Waals surface area (Å²) >= 11 is 1.27. The minimum Gasteiger partial charge on any atom is -0.365 e. The molecule has 0 atom stereocenters. The maximum absolute atomic E-state index is 11.5. The first-order chi connectivity index (χ1) is 12.7. The molecule has 140 valence electrons. The predicted octanol–water partition coefficient (Wildman–Crippen LogP) is 3.39. The quantitative estimate of drug-likeness (QED) is 0.661. The lowest BCUT2D eigenvalue weighted by Gasteiger charge is -2.09. The maximum atomic E-state index is 11.5. The van der Waals surface area contributed by atoms with Gasteiger partial charge in [0.25, 0.3) is 0 Å². The molecule has 1 aromatic heterocycles. The van der Waals surface area contributed by atoms with E-state index < -0.39 is 9.84 Å². The molecule has 0 amide bonds. The van der Waals surface area contributed by atoms with E-state index in [2.05, 4.69) is 15.3 Å². The van der Waals surface area contributed by atoms with Gasteiger partial charge in [0, 0.05) is 24.1 Å². The van der Waals surface area contributed by atoms with Gasteiger partial charge in [-0.1, -0.05) is 23.9 Å². The molecule has 3 rings (SSSR count). The Kier molecular flexibility index (Phi) is 5.16. The Labute approximate surface area is 162 Å². The van der Waals surface area contributed by atoms with Crippen LogP contribution in [0.5, 0.6) is 0 Å². The largest absolute Gasteiger partial charge is 0.365 e. The zero-order chi connectivity index (χ0) is 19.8. The summed E-state index contributed by atoms with van der Waals surface area (Å²) in [4.78, 5) is 9.65. The first-order valence-corrected chi connectivity index (χ1v) is 10.8. The van der Waals surface area contributed by atoms with Crippen molar-refractivity contribution in [3.05, 3.63) is 47.4 Å². The van der Waals surface area contributed by atoms with E-state index in [4.69, 9.17) is 10.8 Å². The van der Waals surface area contributed by atoms with E-state index in [0.29, 0.717) is 34.4 Å². The molecule has 0 bridgehead atoms. The molecular weight excluding hydrogens is 382 g/mol. The van der Waals surface area contributed by atoms with Gasteiger partial charge < -0.3 is 10.7 Å². The lowest BCUT2D eigenvalue weighted by atomic mass is 10.0. The normalized spacial score (nSPS) is 15.4. The molecule has 2 heterocycles. The number of fused-ring (bicyclic) bond motifs is 1. The molecule has 7 nitrogen and oxygen atoms in total. The van der Waals surface area contributed by atoms with Crippen LogP contribution in [0, 0.1) is 10.8 Å². The standard InChI is InChI=1S/C18H19N5O2S2/c1-10(11(2)19)14-15-16(26-17(14)20)18(23-9-22-15)21-8-12-4-6-13(7-5-12)27(3,24)25/h4-7,9,19-20H,8H2,1-3H3,(H,21,22,23)/b14-10-,19-11?,20-17?. The monoisotopic (exact) mass is 401 g/mol. The van der Waals surface area contributed by atoms with Gasteiger partial charge in [0.2, 0.25) is 0 Å². The molecule has 3 N–H and O–H groups in total. The van der Waals surface area contributed by atoms with Gasteiger partial charge in [0.15, 0.2) is 9.84 Å². The van der Waals surface area contributed by atoms with Crippen LogP contribution in [0.2, 0.25) is 0 Å². The van der Waals surface area contributed by atoms with E-state index >= 15 is 0 Å². The van der Waals surface area contributed by atoms with E-state index in [9.17, 15) is 8.42 Å². The zero-order valence-electron chi connectivity index (χ0n) is 15.1. The summed E-state index contributed by atoms with van der Waals surface area (Å²) in [6.07, 6.45) is 2.62. The van der Waals surface area contributed by atoms with E-state index in [1.54, 1.807) is 31.2 Å². The highest BCUT2D eigenvalue weighted by atomic mass is 32.2. The van der Waals surface area contributed by atoms with Crippen LogP contribution < -0.4 is 5.32 Å². The molecule has 0 saturated carbocycles. The van der Waals surface area contributed by atoms with Gasteiger partial charge in [-0.15, -0.1) is 0 Å². The first kappa shape index (κ1) is 19.2. The second kappa shape index (κ2) is 7.24. The number of benzene rings is 1. The summed E-state index contributed by atoms with van der Waals surface area (Å²) in [5.41, 5.74) is 3.38. The van der Waals surface area contributed by atoms with Crippen molar-refractivity contribution in [3.63, 3.8) is 0 Å². The van der Waals surface area contributed by atoms with Crippen molar-refractivity contribution in [1.29, 1.82) is 10.8 Å². The van der Waals surface area contributed by atoms with Crippen LogP contribution in [0.15, 0.2) is 46.0 Å². The van der Waals surface area contributed by atoms with Crippen molar-refractivity contribution in [1.82, 2.24) is 9.97 Å². The average Bonchev–Trinajstić information content (AvgIpc) is 2.95. The highest BCUT2D eigenvalue weighted by Gasteiger charge is 2.29. The van der Waals surface area contributed by atoms with E-state index in [0.717, 1.165) is 16.0 Å². The summed E-state index contributed by atoms with van der Waals surface area (Å²) in [6, 6.07) is 6.68. The highest BCUT2D eigenvalue weighted by molar-refractivity contribution is 8.15. The Hall–Kier alpha value is -2.52. The summed E-state index contributed by atoms with van der Waals surface area (Å²) in [6.45, 7) is 3.97. The number of nitrogens with zero attached hydrogens (tertiary/aromatic N) is 2. The number of nitrogens with one attached hydrogen (secondary N) is 3. The van der Waals surface area contributed by atoms with Crippen LogP contribution >= 0.6 is 11.8 Å². The minimum absolute atomic E-state index is 0.283. The highest BCUT2D eigenvalue weighted by Crippen LogP contribution is 2.44. The van der Waals surface area contributed by atoms with Gasteiger partial charge in [-0.25, -0.2) is 18.4 Å². The Morgan fingerprint density at radius 3 is 2.44 bits per heavy atom. The maximum Gasteiger partial charge on any atom is 0.175 e. The van der Waals surface area contributed by atoms with Gasteiger partial charge in [0.1, 0.15) is 17.2 Å². The van der Waals surface area contributed by atoms with Crippen molar-refractivity contribution in [2.45, 2.75) is 30.2 Å². The summed E-state index contributed by atoms with van der Waals surface area (Å²) in [5, 5.41) is 19.7. The number of aromatic nitrogens is 2. The molecule has 0 saturated heterocycles. The number of thioether (sulfide) groups is 1. The third kappa shape index (κ3) is 3.93.